The van der Waals surface area contributed by atoms with Crippen molar-refractivity contribution in [2.24, 2.45) is 0 Å². The number of ether oxygens (including phenoxy) is 5. The highest BCUT2D eigenvalue weighted by atomic mass is 32.2. The number of hydrogen-bond donors (Lipinski definition) is 5. The highest BCUT2D eigenvalue weighted by Crippen LogP contribution is 2.36. The van der Waals surface area contributed by atoms with E-state index in [2.05, 4.69) is 65.3 Å². The Morgan fingerprint density at radius 2 is 0.696 bits per heavy atom. The molecule has 0 saturated heterocycles. The van der Waals surface area contributed by atoms with Crippen LogP contribution in [0, 0.1) is 27.7 Å². The molecule has 0 spiro atoms. The number of nitrogens with zero attached hydrogens (tertiary/aromatic N) is 12. The number of carbonyl (C=O) groups excluding carboxylic acids is 5. The van der Waals surface area contributed by atoms with Gasteiger partial charge in [0.1, 0.15) is 68.7 Å². The number of esters is 3. The van der Waals surface area contributed by atoms with Crippen molar-refractivity contribution in [3.05, 3.63) is 327 Å². The lowest BCUT2D eigenvalue weighted by Crippen LogP contribution is -2.35. The van der Waals surface area contributed by atoms with Crippen molar-refractivity contribution in [3.63, 3.8) is 0 Å². The Labute approximate surface area is 787 Å². The number of fused-ring (bicyclic) bond motifs is 4. The van der Waals surface area contributed by atoms with Crippen LogP contribution >= 0.6 is 0 Å². The molecule has 0 radical (unpaired) electrons. The van der Waals surface area contributed by atoms with Gasteiger partial charge in [-0.15, -0.1) is 18.9 Å². The number of pyridine rings is 4. The Kier molecular flexibility index (Phi) is 34.0. The molecule has 0 saturated carbocycles. The maximum Gasteiger partial charge on any atom is 0.534 e. The van der Waals surface area contributed by atoms with Crippen LogP contribution < -0.4 is 67.0 Å². The number of hydrogen-bond acceptors (Lipinski definition) is 32. The average Bonchev–Trinajstić information content (AvgIpc) is 0.699. The number of anilines is 2. The first-order valence-electron chi connectivity index (χ1n) is 42.8. The Hall–Kier alpha value is -16.4. The highest BCUT2D eigenvalue weighted by Gasteiger charge is 2.50. The van der Waals surface area contributed by atoms with Crippen LogP contribution in [0.3, 0.4) is 0 Å². The van der Waals surface area contributed by atoms with Gasteiger partial charge in [0.2, 0.25) is 0 Å². The zero-order chi connectivity index (χ0) is 99.8. The van der Waals surface area contributed by atoms with Gasteiger partial charge in [0, 0.05) is 32.2 Å². The molecule has 14 rings (SSSR count). The number of amides is 2. The third kappa shape index (κ3) is 26.4. The normalized spacial score (nSPS) is 11.3. The fourth-order valence-corrected chi connectivity index (χ4v) is 13.7. The van der Waals surface area contributed by atoms with Crippen molar-refractivity contribution >= 4 is 95.7 Å². The number of aryl methyl sites for hydroxylation is 4. The van der Waals surface area contributed by atoms with Crippen LogP contribution in [-0.2, 0) is 86.4 Å². The van der Waals surface area contributed by atoms with E-state index in [4.69, 9.17) is 43.0 Å². The molecule has 0 atom stereocenters. The summed E-state index contributed by atoms with van der Waals surface area (Å²) in [6.07, 6.45) is 4.05. The molecule has 5 N–H and O–H groups in total. The number of halogens is 3. The average molecular weight is 1920 g/mol. The predicted molar refractivity (Wildman–Crippen MR) is 500 cm³/mol. The van der Waals surface area contributed by atoms with Gasteiger partial charge in [-0.1, -0.05) is 170 Å². The topological polar surface area (TPSA) is 471 Å². The number of aromatic hydroxyl groups is 1. The molecule has 0 unspecified atom stereocenters. The molecule has 8 aromatic heterocycles. The van der Waals surface area contributed by atoms with E-state index in [9.17, 15) is 69.8 Å². The molecular formula is C96H99F3N16O22S. The summed E-state index contributed by atoms with van der Waals surface area (Å²) in [6.45, 7) is 23.6. The van der Waals surface area contributed by atoms with Crippen LogP contribution in [0.4, 0.5) is 34.1 Å². The van der Waals surface area contributed by atoms with E-state index < -0.39 is 107 Å². The van der Waals surface area contributed by atoms with E-state index in [0.29, 0.717) is 63.4 Å². The number of nitrogens with one attached hydrogen (secondary N) is 4. The first-order chi connectivity index (χ1) is 65.8. The molecule has 722 valence electrons. The minimum Gasteiger partial charge on any atom is -0.506 e. The molecule has 0 aliphatic rings. The van der Waals surface area contributed by atoms with Gasteiger partial charge in [-0.05, 0) is 135 Å². The highest BCUT2D eigenvalue weighted by molar-refractivity contribution is 7.88. The van der Waals surface area contributed by atoms with Crippen LogP contribution in [0.2, 0.25) is 0 Å². The van der Waals surface area contributed by atoms with Crippen LogP contribution in [0.1, 0.15) is 161 Å². The van der Waals surface area contributed by atoms with E-state index in [1.54, 1.807) is 78.8 Å². The van der Waals surface area contributed by atoms with Crippen molar-refractivity contribution < 1.29 is 97.9 Å². The monoisotopic (exact) mass is 1920 g/mol. The Morgan fingerprint density at radius 3 is 1.08 bits per heavy atom. The van der Waals surface area contributed by atoms with Crippen LogP contribution in [-0.4, -0.2) is 139 Å². The Morgan fingerprint density at radius 1 is 0.384 bits per heavy atom. The Bertz CT molecular complexity index is 7100. The van der Waals surface area contributed by atoms with E-state index in [-0.39, 0.29) is 92.0 Å². The fraction of sp³-hybridized carbons (Fsp3) is 0.281. The summed E-state index contributed by atoms with van der Waals surface area (Å²) in [5, 5.41) is 23.4. The van der Waals surface area contributed by atoms with Gasteiger partial charge in [-0.2, -0.15) is 21.6 Å². The second kappa shape index (κ2) is 46.0. The van der Waals surface area contributed by atoms with E-state index in [1.807, 2.05) is 167 Å². The summed E-state index contributed by atoms with van der Waals surface area (Å²) in [4.78, 5) is 170. The summed E-state index contributed by atoms with van der Waals surface area (Å²) >= 11 is 0. The molecule has 0 bridgehead atoms. The molecule has 0 fully saturated rings. The second-order valence-corrected chi connectivity index (χ2v) is 33.6. The summed E-state index contributed by atoms with van der Waals surface area (Å²) in [5.41, 5.74) is -2.28. The molecule has 14 aromatic rings. The molecule has 8 heterocycles. The zero-order valence-corrected chi connectivity index (χ0v) is 78.1. The first kappa shape index (κ1) is 102. The fourth-order valence-electron chi connectivity index (χ4n) is 13.2. The SMILES string of the molecule is CCOC(=O)c1c(NCc2ccc(CNC(=O)OC(C)(C)C)cc2)c2c(C)ncnc2n(OCc2ccccc2)c1=O.CCOC(=O)c1c(O)c2c(C)ncnc2n(OCc2ccccc2)c1=O.CCOC(=O)c1c(OS(=O)(=O)C(F)(F)F)c2c(C)ncnc2n(OCc2ccccc2)c1=O.Cc1ncnc2c1c(NCc1ccc(CNC(=O)OC(C)(C)C)cc1)cc(=O)n2OCc1ccccc1. The molecule has 0 aliphatic carbocycles. The maximum absolute atomic E-state index is 13.7. The zero-order valence-electron chi connectivity index (χ0n) is 77.3. The third-order valence-corrected chi connectivity index (χ3v) is 20.5. The number of benzene rings is 6. The van der Waals surface area contributed by atoms with E-state index >= 15 is 0 Å². The van der Waals surface area contributed by atoms with Crippen molar-refractivity contribution in [2.75, 3.05) is 30.5 Å². The summed E-state index contributed by atoms with van der Waals surface area (Å²) in [7, 11) is -6.27. The van der Waals surface area contributed by atoms with Crippen molar-refractivity contribution in [2.45, 2.75) is 159 Å². The predicted octanol–water partition coefficient (Wildman–Crippen LogP) is 12.7. The molecular weight excluding hydrogens is 1820 g/mol. The first-order valence-corrected chi connectivity index (χ1v) is 44.2. The minimum absolute atomic E-state index is 0.0604. The van der Waals surface area contributed by atoms with E-state index in [1.165, 1.54) is 43.6 Å². The van der Waals surface area contributed by atoms with Crippen LogP contribution in [0.25, 0.3) is 44.1 Å². The van der Waals surface area contributed by atoms with Crippen molar-refractivity contribution in [1.82, 2.24) is 69.4 Å². The summed E-state index contributed by atoms with van der Waals surface area (Å²) < 4.78 is 95.9. The molecule has 6 aromatic carbocycles. The number of alkyl halides is 3. The van der Waals surface area contributed by atoms with Gasteiger partial charge < -0.3 is 73.6 Å². The van der Waals surface area contributed by atoms with Crippen molar-refractivity contribution in [3.8, 4) is 11.5 Å². The molecule has 38 nitrogen and oxygen atoms in total. The lowest BCUT2D eigenvalue weighted by Gasteiger charge is -2.19. The smallest absolute Gasteiger partial charge is 0.506 e. The van der Waals surface area contributed by atoms with Gasteiger partial charge in [-0.3, -0.25) is 19.2 Å². The number of alkyl carbamates (subject to hydrolysis) is 2. The number of carbonyl (C=O) groups is 5. The summed E-state index contributed by atoms with van der Waals surface area (Å²) in [5.74, 6) is -4.85. The van der Waals surface area contributed by atoms with Gasteiger partial charge in [-0.25, -0.2) is 63.8 Å². The minimum atomic E-state index is -6.27. The summed E-state index contributed by atoms with van der Waals surface area (Å²) in [6, 6.07) is 53.5. The van der Waals surface area contributed by atoms with Gasteiger partial charge >= 0.3 is 62.4 Å². The van der Waals surface area contributed by atoms with E-state index in [0.717, 1.165) is 60.4 Å². The lowest BCUT2D eigenvalue weighted by atomic mass is 10.1. The van der Waals surface area contributed by atoms with Crippen molar-refractivity contribution in [1.29, 1.82) is 0 Å². The third-order valence-electron chi connectivity index (χ3n) is 19.6. The lowest BCUT2D eigenvalue weighted by molar-refractivity contribution is -0.0500. The Balaban J connectivity index is 0.000000179. The number of rotatable bonds is 30. The van der Waals surface area contributed by atoms with Crippen LogP contribution in [0.5, 0.6) is 11.5 Å². The molecule has 2 amide bonds. The largest absolute Gasteiger partial charge is 0.534 e. The maximum atomic E-state index is 13.7. The van der Waals surface area contributed by atoms with Gasteiger partial charge in [0.25, 0.3) is 5.56 Å². The van der Waals surface area contributed by atoms with Crippen LogP contribution in [0.15, 0.2) is 220 Å². The molecule has 138 heavy (non-hydrogen) atoms. The molecule has 42 heteroatoms. The van der Waals surface area contributed by atoms with Gasteiger partial charge in [0.05, 0.1) is 75.5 Å². The standard InChI is InChI=1S/C31H35N5O6.C28H31N5O4.C19H16F3N3O7S.C18H17N3O5/c1-6-40-29(38)25-26(32-16-21-12-14-22(15-13-21)17-33-30(39)42-31(3,4)5)24-20(2)34-19-35-27(24)36(28(25)37)41-18-23-10-8-7-9-11-23;1-19-25-23(29-15-20-10-12-21(13-11-20)16-30-27(35)37-28(2,3)4)14-24(34)33(26(25)32-18-31-19)36-17-22-8-6-5-7-9-22;1-3-30-18(27)14-15(32-33(28,29)19(20,21)22)13-11(2)23-10-24-16(13)25(17(14)26)31-9-12-7-5-4-6-8-12;1-3-25-18(24)14-15(22)13-11(2)19-10-20-16(13)21(17(14)23)26-9-12-7-5-4-6-8-12/h7-15,19,32H,6,16-18H2,1-5H3,(H,33,39);5-14,18,29H,15-17H2,1-4H3,(H,30,35);4-8,10H,3,9H2,1-2H3;4-8,10,22H,3,9H2,1-2H3. The second-order valence-electron chi connectivity index (χ2n) is 32.0. The molecule has 0 aliphatic heterocycles. The number of aromatic nitrogens is 12. The quantitative estimate of drug-likeness (QED) is 0.0121. The van der Waals surface area contributed by atoms with Gasteiger partial charge in [0.15, 0.2) is 45.0 Å².